The lowest BCUT2D eigenvalue weighted by Gasteiger charge is -2.39. The van der Waals surface area contributed by atoms with E-state index in [0.29, 0.717) is 6.61 Å². The number of unbranched alkanes of at least 4 members (excludes halogenated alkanes) is 2. The van der Waals surface area contributed by atoms with Crippen molar-refractivity contribution in [3.05, 3.63) is 48.2 Å². The molecule has 0 saturated heterocycles. The summed E-state index contributed by atoms with van der Waals surface area (Å²) in [7, 11) is 0. The predicted molar refractivity (Wildman–Crippen MR) is 84.3 cm³/mol. The van der Waals surface area contributed by atoms with Crippen molar-refractivity contribution in [3.8, 4) is 0 Å². The minimum absolute atomic E-state index is 0.0682. The van der Waals surface area contributed by atoms with Crippen LogP contribution in [0.5, 0.6) is 0 Å². The second-order valence-corrected chi connectivity index (χ2v) is 6.09. The van der Waals surface area contributed by atoms with Crippen LogP contribution in [0.3, 0.4) is 0 Å². The Morgan fingerprint density at radius 1 is 1.20 bits per heavy atom. The molecule has 0 amide bonds. The largest absolute Gasteiger partial charge is 0.396 e. The zero-order valence-electron chi connectivity index (χ0n) is 12.6. The minimum Gasteiger partial charge on any atom is -0.396 e. The molecule has 2 nitrogen and oxygen atoms in total. The molecule has 0 radical (unpaired) electrons. The third-order valence-corrected chi connectivity index (χ3v) is 4.28. The van der Waals surface area contributed by atoms with Crippen molar-refractivity contribution in [2.24, 2.45) is 5.41 Å². The van der Waals surface area contributed by atoms with Crippen LogP contribution < -0.4 is 0 Å². The number of rotatable bonds is 7. The Balaban J connectivity index is 1.95. The number of nitrogens with zero attached hydrogens (tertiary/aromatic N) is 1. The van der Waals surface area contributed by atoms with Gasteiger partial charge in [0.15, 0.2) is 0 Å². The Kier molecular flexibility index (Phi) is 5.66. The van der Waals surface area contributed by atoms with E-state index in [1.165, 1.54) is 24.8 Å². The van der Waals surface area contributed by atoms with Crippen molar-refractivity contribution in [2.75, 3.05) is 13.2 Å². The monoisotopic (exact) mass is 273 g/mol. The fourth-order valence-corrected chi connectivity index (χ4v) is 3.05. The Morgan fingerprint density at radius 3 is 2.70 bits per heavy atom. The summed E-state index contributed by atoms with van der Waals surface area (Å²) in [6, 6.07) is 10.6. The zero-order valence-corrected chi connectivity index (χ0v) is 12.6. The fourth-order valence-electron chi connectivity index (χ4n) is 3.05. The summed E-state index contributed by atoms with van der Waals surface area (Å²) in [4.78, 5) is 2.35. The fraction of sp³-hybridized carbons (Fsp3) is 0.556. The van der Waals surface area contributed by atoms with Crippen LogP contribution in [0.15, 0.2) is 42.6 Å². The van der Waals surface area contributed by atoms with Gasteiger partial charge in [0.1, 0.15) is 0 Å². The van der Waals surface area contributed by atoms with Gasteiger partial charge >= 0.3 is 0 Å². The summed E-state index contributed by atoms with van der Waals surface area (Å²) in [6.07, 6.45) is 10.3. The normalized spacial score (nSPS) is 22.2. The molecule has 2 rings (SSSR count). The highest BCUT2D eigenvalue weighted by Crippen LogP contribution is 2.34. The average molecular weight is 273 g/mol. The van der Waals surface area contributed by atoms with Crippen LogP contribution in [0.1, 0.15) is 44.6 Å². The highest BCUT2D eigenvalue weighted by Gasteiger charge is 2.31. The first-order valence-corrected chi connectivity index (χ1v) is 7.83. The molecule has 0 fully saturated rings. The van der Waals surface area contributed by atoms with Crippen LogP contribution in [0.4, 0.5) is 0 Å². The maximum atomic E-state index is 9.86. The molecule has 1 heterocycles. The van der Waals surface area contributed by atoms with Gasteiger partial charge in [-0.2, -0.15) is 0 Å². The second-order valence-electron chi connectivity index (χ2n) is 6.09. The van der Waals surface area contributed by atoms with Gasteiger partial charge < -0.3 is 10.0 Å². The number of hydrogen-bond acceptors (Lipinski definition) is 2. The third kappa shape index (κ3) is 4.11. The Labute approximate surface area is 123 Å². The summed E-state index contributed by atoms with van der Waals surface area (Å²) in [5.74, 6) is 0. The number of aliphatic hydroxyl groups excluding tert-OH is 1. The lowest BCUT2D eigenvalue weighted by atomic mass is 9.78. The molecule has 0 aromatic heterocycles. The maximum absolute atomic E-state index is 9.86. The maximum Gasteiger partial charge on any atom is 0.0507 e. The van der Waals surface area contributed by atoms with E-state index >= 15 is 0 Å². The molecule has 2 heteroatoms. The quantitative estimate of drug-likeness (QED) is 0.760. The molecular formula is C18H27NO. The molecule has 1 atom stereocenters. The van der Waals surface area contributed by atoms with Gasteiger partial charge in [-0.25, -0.2) is 0 Å². The van der Waals surface area contributed by atoms with E-state index in [0.717, 1.165) is 25.9 Å². The summed E-state index contributed by atoms with van der Waals surface area (Å²) in [5.41, 5.74) is 1.40. The first-order valence-electron chi connectivity index (χ1n) is 7.83. The smallest absolute Gasteiger partial charge is 0.0507 e. The van der Waals surface area contributed by atoms with E-state index in [1.54, 1.807) is 0 Å². The van der Waals surface area contributed by atoms with Crippen LogP contribution in [0, 0.1) is 5.41 Å². The molecule has 0 aliphatic carbocycles. The molecule has 1 aromatic rings. The lowest BCUT2D eigenvalue weighted by Crippen LogP contribution is -2.40. The van der Waals surface area contributed by atoms with Gasteiger partial charge in [-0.15, -0.1) is 0 Å². The average Bonchev–Trinajstić information content (AvgIpc) is 2.49. The van der Waals surface area contributed by atoms with E-state index in [9.17, 15) is 5.11 Å². The minimum atomic E-state index is 0.0682. The van der Waals surface area contributed by atoms with Gasteiger partial charge in [0.25, 0.3) is 0 Å². The van der Waals surface area contributed by atoms with Crippen molar-refractivity contribution >= 4 is 0 Å². The molecule has 110 valence electrons. The van der Waals surface area contributed by atoms with Crippen LogP contribution in [-0.2, 0) is 6.54 Å². The van der Waals surface area contributed by atoms with Crippen LogP contribution in [0.25, 0.3) is 0 Å². The molecular weight excluding hydrogens is 246 g/mol. The van der Waals surface area contributed by atoms with Crippen molar-refractivity contribution in [3.63, 3.8) is 0 Å². The van der Waals surface area contributed by atoms with Crippen LogP contribution in [-0.4, -0.2) is 23.2 Å². The zero-order chi connectivity index (χ0) is 14.3. The summed E-state index contributed by atoms with van der Waals surface area (Å²) < 4.78 is 0. The van der Waals surface area contributed by atoms with Crippen LogP contribution >= 0.6 is 0 Å². The van der Waals surface area contributed by atoms with Gasteiger partial charge in [-0.05, 0) is 24.6 Å². The molecule has 0 bridgehead atoms. The molecule has 1 aliphatic heterocycles. The molecule has 0 saturated carbocycles. The molecule has 20 heavy (non-hydrogen) atoms. The highest BCUT2D eigenvalue weighted by molar-refractivity contribution is 5.15. The molecule has 0 spiro atoms. The van der Waals surface area contributed by atoms with E-state index in [1.807, 2.05) is 0 Å². The van der Waals surface area contributed by atoms with Gasteiger partial charge in [0.2, 0.25) is 0 Å². The van der Waals surface area contributed by atoms with E-state index in [-0.39, 0.29) is 5.41 Å². The van der Waals surface area contributed by atoms with E-state index < -0.39 is 0 Å². The first-order chi connectivity index (χ1) is 9.78. The topological polar surface area (TPSA) is 23.5 Å². The van der Waals surface area contributed by atoms with Gasteiger partial charge in [0, 0.05) is 18.5 Å². The second kappa shape index (κ2) is 7.49. The number of benzene rings is 1. The summed E-state index contributed by atoms with van der Waals surface area (Å²) >= 11 is 0. The Hall–Kier alpha value is -1.28. The first kappa shape index (κ1) is 15.1. The predicted octanol–water partition coefficient (Wildman–Crippen LogP) is 3.97. The van der Waals surface area contributed by atoms with Gasteiger partial charge in [0.05, 0.1) is 6.61 Å². The van der Waals surface area contributed by atoms with Crippen LogP contribution in [0.2, 0.25) is 0 Å². The highest BCUT2D eigenvalue weighted by atomic mass is 16.3. The van der Waals surface area contributed by atoms with Crippen molar-refractivity contribution in [2.45, 2.75) is 45.6 Å². The molecule has 1 aromatic carbocycles. The molecule has 1 N–H and O–H groups in total. The number of aliphatic hydroxyl groups is 1. The number of hydrogen-bond donors (Lipinski definition) is 1. The SMILES string of the molecule is CCCCCC1(CO)CC=CN(Cc2ccccc2)C1. The lowest BCUT2D eigenvalue weighted by molar-refractivity contribution is 0.0701. The molecule has 1 unspecified atom stereocenters. The Bertz CT molecular complexity index is 415. The van der Waals surface area contributed by atoms with Crippen molar-refractivity contribution in [1.29, 1.82) is 0 Å². The standard InChI is InChI=1S/C18H27NO/c1-2-3-7-11-18(16-20)12-8-13-19(15-18)14-17-9-5-4-6-10-17/h4-6,8-10,13,20H,2-3,7,11-12,14-16H2,1H3. The van der Waals surface area contributed by atoms with Gasteiger partial charge in [-0.3, -0.25) is 0 Å². The summed E-state index contributed by atoms with van der Waals surface area (Å²) in [5, 5.41) is 9.86. The molecule has 1 aliphatic rings. The summed E-state index contributed by atoms with van der Waals surface area (Å²) in [6.45, 7) is 4.44. The van der Waals surface area contributed by atoms with E-state index in [4.69, 9.17) is 0 Å². The van der Waals surface area contributed by atoms with Crippen molar-refractivity contribution < 1.29 is 5.11 Å². The third-order valence-electron chi connectivity index (χ3n) is 4.28. The van der Waals surface area contributed by atoms with Gasteiger partial charge in [-0.1, -0.05) is 62.6 Å². The Morgan fingerprint density at radius 2 is 2.00 bits per heavy atom. The van der Waals surface area contributed by atoms with Crippen molar-refractivity contribution in [1.82, 2.24) is 4.90 Å². The number of allylic oxidation sites excluding steroid dienone is 1. The van der Waals surface area contributed by atoms with E-state index in [2.05, 4.69) is 54.4 Å².